The smallest absolute Gasteiger partial charge is 0.124 e. The molecule has 2 nitrogen and oxygen atoms in total. The number of hydrogen-bond donors (Lipinski definition) is 0. The number of halogens is 1. The maximum Gasteiger partial charge on any atom is 0.124 e. The lowest BCUT2D eigenvalue weighted by Crippen LogP contribution is -2.48. The molecule has 0 bridgehead atoms. The molecule has 0 aromatic carbocycles. The molecule has 1 aliphatic heterocycles. The molecule has 0 radical (unpaired) electrons. The summed E-state index contributed by atoms with van der Waals surface area (Å²) in [6.45, 7) is 0.742. The fourth-order valence-corrected chi connectivity index (χ4v) is 2.07. The Balaban J connectivity index is 2.48. The van der Waals surface area contributed by atoms with Crippen molar-refractivity contribution in [2.45, 2.75) is 24.6 Å². The van der Waals surface area contributed by atoms with E-state index in [0.717, 1.165) is 40.9 Å². The van der Waals surface area contributed by atoms with Crippen molar-refractivity contribution in [1.82, 2.24) is 4.79 Å². The van der Waals surface area contributed by atoms with Gasteiger partial charge in [-0.3, -0.25) is 0 Å². The van der Waals surface area contributed by atoms with Gasteiger partial charge < -0.3 is 4.74 Å². The molecule has 1 fully saturated rings. The molecule has 1 rings (SSSR count). The van der Waals surface area contributed by atoms with Crippen LogP contribution in [0.3, 0.4) is 0 Å². The Kier molecular flexibility index (Phi) is 2.62. The van der Waals surface area contributed by atoms with E-state index < -0.39 is 5.35 Å². The van der Waals surface area contributed by atoms with Crippen LogP contribution in [-0.2, 0) is 4.74 Å². The minimum absolute atomic E-state index is 0.454. The van der Waals surface area contributed by atoms with Crippen LogP contribution >= 0.6 is 0 Å². The van der Waals surface area contributed by atoms with Gasteiger partial charge in [0.05, 0.1) is 10.2 Å². The van der Waals surface area contributed by atoms with Crippen LogP contribution in [-0.4, -0.2) is 37.4 Å². The van der Waals surface area contributed by atoms with Gasteiger partial charge in [-0.25, -0.2) is 0 Å². The van der Waals surface area contributed by atoms with Crippen molar-refractivity contribution >= 4 is 20.6 Å². The molecule has 0 aliphatic carbocycles. The molecule has 0 aromatic heterocycles. The molecule has 0 amide bonds. The average Bonchev–Trinajstić information content (AvgIpc) is 1.89. The van der Waals surface area contributed by atoms with Gasteiger partial charge in [-0.1, -0.05) is 0 Å². The van der Waals surface area contributed by atoms with Gasteiger partial charge in [0.1, 0.15) is 15.8 Å². The highest BCUT2D eigenvalue weighted by atomic mass is 28.2. The van der Waals surface area contributed by atoms with Crippen molar-refractivity contribution in [3.05, 3.63) is 0 Å². The molecule has 0 spiro atoms. The lowest BCUT2D eigenvalue weighted by Gasteiger charge is -2.36. The summed E-state index contributed by atoms with van der Waals surface area (Å²) in [5.41, 5.74) is 0. The first-order chi connectivity index (χ1) is 4.65. The van der Waals surface area contributed by atoms with Crippen LogP contribution in [0.2, 0.25) is 0 Å². The Labute approximate surface area is 66.6 Å². The predicted octanol–water partition coefficient (Wildman–Crippen LogP) is -1.33. The second-order valence-corrected chi connectivity index (χ2v) is 5.31. The van der Waals surface area contributed by atoms with Gasteiger partial charge in [0.2, 0.25) is 0 Å². The molecule has 0 aromatic rings. The van der Waals surface area contributed by atoms with E-state index in [1.165, 1.54) is 0 Å². The van der Waals surface area contributed by atoms with E-state index in [-0.39, 0.29) is 0 Å². The number of hydrogen-bond acceptors (Lipinski definition) is 2. The van der Waals surface area contributed by atoms with Crippen LogP contribution in [0.4, 0.5) is 4.48 Å². The average molecular weight is 179 g/mol. The molecular weight excluding hydrogens is 165 g/mol. The standard InChI is InChI=1S/C5H14FNOSi2/c6-7(10)5(9)3-1-2-4-8-5/h1-4H2,9-10H3. The van der Waals surface area contributed by atoms with Crippen LogP contribution in [0.5, 0.6) is 0 Å². The summed E-state index contributed by atoms with van der Waals surface area (Å²) >= 11 is 0. The van der Waals surface area contributed by atoms with Crippen LogP contribution < -0.4 is 0 Å². The van der Waals surface area contributed by atoms with E-state index in [2.05, 4.69) is 0 Å². The van der Waals surface area contributed by atoms with Crippen molar-refractivity contribution in [2.75, 3.05) is 6.61 Å². The SMILES string of the molecule is FN([SiH3])C1([SiH3])CCCCO1. The van der Waals surface area contributed by atoms with E-state index in [0.29, 0.717) is 10.4 Å². The molecule has 1 unspecified atom stereocenters. The van der Waals surface area contributed by atoms with Gasteiger partial charge in [-0.05, 0) is 19.3 Å². The third-order valence-corrected chi connectivity index (χ3v) is 5.35. The first kappa shape index (κ1) is 8.38. The number of rotatable bonds is 1. The van der Waals surface area contributed by atoms with Crippen molar-refractivity contribution in [1.29, 1.82) is 0 Å². The third kappa shape index (κ3) is 1.66. The Morgan fingerprint density at radius 2 is 2.20 bits per heavy atom. The lowest BCUT2D eigenvalue weighted by molar-refractivity contribution is -0.149. The molecule has 10 heavy (non-hydrogen) atoms. The van der Waals surface area contributed by atoms with E-state index in [1.807, 2.05) is 0 Å². The predicted molar refractivity (Wildman–Crippen MR) is 45.4 cm³/mol. The van der Waals surface area contributed by atoms with Crippen molar-refractivity contribution in [3.8, 4) is 0 Å². The van der Waals surface area contributed by atoms with Gasteiger partial charge in [0.25, 0.3) is 0 Å². The van der Waals surface area contributed by atoms with Gasteiger partial charge in [0.15, 0.2) is 0 Å². The zero-order chi connectivity index (χ0) is 7.61. The fraction of sp³-hybridized carbons (Fsp3) is 1.00. The second kappa shape index (κ2) is 3.12. The monoisotopic (exact) mass is 179 g/mol. The molecular formula is C5H14FNOSi2. The highest BCUT2D eigenvalue weighted by Crippen LogP contribution is 2.23. The summed E-state index contributed by atoms with van der Waals surface area (Å²) < 4.78 is 18.2. The summed E-state index contributed by atoms with van der Waals surface area (Å²) in [4.78, 5) is 0.860. The van der Waals surface area contributed by atoms with Crippen LogP contribution in [0.25, 0.3) is 0 Å². The largest absolute Gasteiger partial charge is 0.363 e. The zero-order valence-corrected chi connectivity index (χ0v) is 10.6. The van der Waals surface area contributed by atoms with Crippen LogP contribution in [0.1, 0.15) is 19.3 Å². The highest BCUT2D eigenvalue weighted by Gasteiger charge is 2.31. The Morgan fingerprint density at radius 1 is 1.50 bits per heavy atom. The normalized spacial score (nSPS) is 35.4. The summed E-state index contributed by atoms with van der Waals surface area (Å²) in [7, 11) is 1.24. The van der Waals surface area contributed by atoms with Crippen LogP contribution in [0.15, 0.2) is 0 Å². The third-order valence-electron chi connectivity index (χ3n) is 2.10. The van der Waals surface area contributed by atoms with Crippen molar-refractivity contribution < 1.29 is 9.22 Å². The molecule has 1 saturated heterocycles. The second-order valence-electron chi connectivity index (χ2n) is 2.96. The van der Waals surface area contributed by atoms with Gasteiger partial charge in [-0.15, -0.1) is 4.48 Å². The maximum atomic E-state index is 12.8. The van der Waals surface area contributed by atoms with E-state index in [4.69, 9.17) is 4.74 Å². The molecule has 1 atom stereocenters. The lowest BCUT2D eigenvalue weighted by atomic mass is 10.2. The molecule has 60 valence electrons. The minimum Gasteiger partial charge on any atom is -0.363 e. The molecule has 1 aliphatic rings. The van der Waals surface area contributed by atoms with Gasteiger partial charge >= 0.3 is 0 Å². The first-order valence-electron chi connectivity index (χ1n) is 3.69. The van der Waals surface area contributed by atoms with Crippen molar-refractivity contribution in [3.63, 3.8) is 0 Å². The summed E-state index contributed by atoms with van der Waals surface area (Å²) in [5.74, 6) is 0. The quantitative estimate of drug-likeness (QED) is 0.365. The highest BCUT2D eigenvalue weighted by molar-refractivity contribution is 6.18. The van der Waals surface area contributed by atoms with Gasteiger partial charge in [0, 0.05) is 6.61 Å². The molecule has 0 saturated carbocycles. The van der Waals surface area contributed by atoms with E-state index in [1.54, 1.807) is 0 Å². The Hall–Kier alpha value is 0.284. The summed E-state index contributed by atoms with van der Waals surface area (Å²) in [6, 6.07) is 0. The first-order valence-corrected chi connectivity index (χ1v) is 5.58. The fourth-order valence-electron chi connectivity index (χ4n) is 1.16. The zero-order valence-electron chi connectivity index (χ0n) is 6.56. The molecule has 5 heteroatoms. The van der Waals surface area contributed by atoms with E-state index in [9.17, 15) is 4.48 Å². The number of nitrogens with zero attached hydrogens (tertiary/aromatic N) is 1. The maximum absolute atomic E-state index is 12.8. The summed E-state index contributed by atoms with van der Waals surface area (Å²) in [6.07, 6.45) is 3.10. The Bertz CT molecular complexity index is 116. The van der Waals surface area contributed by atoms with Crippen LogP contribution in [0, 0.1) is 0 Å². The van der Waals surface area contributed by atoms with Gasteiger partial charge in [-0.2, -0.15) is 4.79 Å². The molecule has 1 heterocycles. The van der Waals surface area contributed by atoms with E-state index >= 15 is 0 Å². The van der Waals surface area contributed by atoms with Crippen molar-refractivity contribution in [2.24, 2.45) is 0 Å². The minimum atomic E-state index is -0.454. The topological polar surface area (TPSA) is 12.5 Å². The number of ether oxygens (including phenoxy) is 1. The molecule has 0 N–H and O–H groups in total. The Morgan fingerprint density at radius 3 is 2.50 bits per heavy atom. The summed E-state index contributed by atoms with van der Waals surface area (Å²) in [5, 5.41) is -0.454.